The highest BCUT2D eigenvalue weighted by Crippen LogP contribution is 2.24. The van der Waals surface area contributed by atoms with Gasteiger partial charge in [-0.3, -0.25) is 14.3 Å². The van der Waals surface area contributed by atoms with E-state index in [1.807, 2.05) is 32.4 Å². The lowest BCUT2D eigenvalue weighted by Crippen LogP contribution is -2.31. The molecule has 1 fully saturated rings. The van der Waals surface area contributed by atoms with Gasteiger partial charge < -0.3 is 10.0 Å². The van der Waals surface area contributed by atoms with E-state index in [9.17, 15) is 9.59 Å². The van der Waals surface area contributed by atoms with Crippen LogP contribution in [0.5, 0.6) is 0 Å². The number of rotatable bonds is 3. The van der Waals surface area contributed by atoms with E-state index in [0.29, 0.717) is 24.9 Å². The maximum Gasteiger partial charge on any atom is 0.308 e. The summed E-state index contributed by atoms with van der Waals surface area (Å²) in [7, 11) is 0. The molecule has 1 aliphatic heterocycles. The van der Waals surface area contributed by atoms with Gasteiger partial charge in [-0.15, -0.1) is 0 Å². The zero-order chi connectivity index (χ0) is 15.8. The molecule has 1 amide bonds. The number of carboxylic acid groups (broad SMARTS) is 1. The van der Waals surface area contributed by atoms with Crippen molar-refractivity contribution in [3.8, 4) is 0 Å². The first-order valence-corrected chi connectivity index (χ1v) is 7.35. The van der Waals surface area contributed by atoms with Gasteiger partial charge in [0.25, 0.3) is 5.91 Å². The molecule has 1 aliphatic rings. The standard InChI is InChI=1S/C15H23N3O3/c1-5-12-11(8-16-18(12)15(2,3)4)13(19)17-7-6-10(9-17)14(20)21/h8,10H,5-7,9H2,1-4H3,(H,20,21)/t10-/m0/s1. The molecular weight excluding hydrogens is 270 g/mol. The number of hydrogen-bond acceptors (Lipinski definition) is 3. The van der Waals surface area contributed by atoms with Gasteiger partial charge in [0.15, 0.2) is 0 Å². The number of aliphatic carboxylic acids is 1. The fraction of sp³-hybridized carbons (Fsp3) is 0.667. The molecule has 0 aromatic carbocycles. The van der Waals surface area contributed by atoms with E-state index in [-0.39, 0.29) is 18.0 Å². The third-order valence-corrected chi connectivity index (χ3v) is 3.89. The molecule has 21 heavy (non-hydrogen) atoms. The van der Waals surface area contributed by atoms with E-state index in [4.69, 9.17) is 5.11 Å². The Labute approximate surface area is 124 Å². The van der Waals surface area contributed by atoms with Gasteiger partial charge in [0, 0.05) is 13.1 Å². The van der Waals surface area contributed by atoms with Crippen LogP contribution in [0.25, 0.3) is 0 Å². The molecular formula is C15H23N3O3. The van der Waals surface area contributed by atoms with Crippen molar-refractivity contribution in [1.29, 1.82) is 0 Å². The van der Waals surface area contributed by atoms with Gasteiger partial charge in [-0.2, -0.15) is 5.10 Å². The summed E-state index contributed by atoms with van der Waals surface area (Å²) in [5, 5.41) is 13.4. The average Bonchev–Trinajstić information content (AvgIpc) is 3.03. The maximum absolute atomic E-state index is 12.6. The Balaban J connectivity index is 2.25. The number of aromatic nitrogens is 2. The first kappa shape index (κ1) is 15.5. The molecule has 0 bridgehead atoms. The predicted octanol–water partition coefficient (Wildman–Crippen LogP) is 1.75. The second kappa shape index (κ2) is 5.50. The molecule has 1 atom stereocenters. The van der Waals surface area contributed by atoms with Crippen LogP contribution in [0.4, 0.5) is 0 Å². The molecule has 1 aromatic heterocycles. The van der Waals surface area contributed by atoms with Crippen LogP contribution in [0.3, 0.4) is 0 Å². The van der Waals surface area contributed by atoms with E-state index in [0.717, 1.165) is 5.69 Å². The Morgan fingerprint density at radius 1 is 1.43 bits per heavy atom. The zero-order valence-corrected chi connectivity index (χ0v) is 13.1. The largest absolute Gasteiger partial charge is 0.481 e. The van der Waals surface area contributed by atoms with Crippen LogP contribution in [0, 0.1) is 5.92 Å². The van der Waals surface area contributed by atoms with Crippen molar-refractivity contribution in [2.75, 3.05) is 13.1 Å². The van der Waals surface area contributed by atoms with Crippen molar-refractivity contribution < 1.29 is 14.7 Å². The van der Waals surface area contributed by atoms with Crippen LogP contribution in [0.15, 0.2) is 6.20 Å². The molecule has 6 heteroatoms. The molecule has 1 N–H and O–H groups in total. The predicted molar refractivity (Wildman–Crippen MR) is 78.2 cm³/mol. The SMILES string of the molecule is CCc1c(C(=O)N2CC[C@H](C(=O)O)C2)cnn1C(C)(C)C. The van der Waals surface area contributed by atoms with Crippen molar-refractivity contribution in [2.45, 2.75) is 46.1 Å². The normalized spacial score (nSPS) is 19.0. The average molecular weight is 293 g/mol. The first-order chi connectivity index (χ1) is 9.75. The molecule has 6 nitrogen and oxygen atoms in total. The quantitative estimate of drug-likeness (QED) is 0.921. The molecule has 0 saturated carbocycles. The zero-order valence-electron chi connectivity index (χ0n) is 13.1. The molecule has 0 unspecified atom stereocenters. The highest BCUT2D eigenvalue weighted by atomic mass is 16.4. The van der Waals surface area contributed by atoms with Crippen LogP contribution in [0.1, 0.15) is 50.2 Å². The summed E-state index contributed by atoms with van der Waals surface area (Å²) < 4.78 is 1.88. The van der Waals surface area contributed by atoms with Gasteiger partial charge in [-0.25, -0.2) is 0 Å². The Morgan fingerprint density at radius 2 is 2.10 bits per heavy atom. The second-order valence-corrected chi connectivity index (χ2v) is 6.52. The summed E-state index contributed by atoms with van der Waals surface area (Å²) in [6, 6.07) is 0. The highest BCUT2D eigenvalue weighted by molar-refractivity contribution is 5.95. The summed E-state index contributed by atoms with van der Waals surface area (Å²) in [4.78, 5) is 25.3. The maximum atomic E-state index is 12.6. The van der Waals surface area contributed by atoms with Crippen molar-refractivity contribution >= 4 is 11.9 Å². The van der Waals surface area contributed by atoms with Crippen molar-refractivity contribution in [3.05, 3.63) is 17.5 Å². The number of carbonyl (C=O) groups excluding carboxylic acids is 1. The second-order valence-electron chi connectivity index (χ2n) is 6.52. The molecule has 0 aliphatic carbocycles. The number of carbonyl (C=O) groups is 2. The molecule has 0 radical (unpaired) electrons. The van der Waals surface area contributed by atoms with Gasteiger partial charge in [0.05, 0.1) is 28.9 Å². The smallest absolute Gasteiger partial charge is 0.308 e. The first-order valence-electron chi connectivity index (χ1n) is 7.35. The van der Waals surface area contributed by atoms with E-state index in [1.165, 1.54) is 0 Å². The van der Waals surface area contributed by atoms with Crippen LogP contribution >= 0.6 is 0 Å². The van der Waals surface area contributed by atoms with E-state index >= 15 is 0 Å². The fourth-order valence-corrected chi connectivity index (χ4v) is 2.79. The minimum Gasteiger partial charge on any atom is -0.481 e. The third kappa shape index (κ3) is 2.94. The summed E-state index contributed by atoms with van der Waals surface area (Å²) >= 11 is 0. The fourth-order valence-electron chi connectivity index (χ4n) is 2.79. The van der Waals surface area contributed by atoms with Crippen molar-refractivity contribution in [3.63, 3.8) is 0 Å². The number of carboxylic acids is 1. The summed E-state index contributed by atoms with van der Waals surface area (Å²) in [5.41, 5.74) is 1.32. The van der Waals surface area contributed by atoms with Crippen LogP contribution in [-0.4, -0.2) is 44.8 Å². The van der Waals surface area contributed by atoms with Gasteiger partial charge in [0.1, 0.15) is 0 Å². The van der Waals surface area contributed by atoms with Crippen molar-refractivity contribution in [2.24, 2.45) is 5.92 Å². The van der Waals surface area contributed by atoms with Crippen LogP contribution in [-0.2, 0) is 16.8 Å². The highest BCUT2D eigenvalue weighted by Gasteiger charge is 2.33. The monoisotopic (exact) mass is 293 g/mol. The topological polar surface area (TPSA) is 75.4 Å². The lowest BCUT2D eigenvalue weighted by molar-refractivity contribution is -0.141. The minimum atomic E-state index is -0.827. The number of likely N-dealkylation sites (tertiary alicyclic amines) is 1. The molecule has 0 spiro atoms. The Bertz CT molecular complexity index is 557. The lowest BCUT2D eigenvalue weighted by atomic mass is 10.1. The van der Waals surface area contributed by atoms with Crippen LogP contribution in [0.2, 0.25) is 0 Å². The summed E-state index contributed by atoms with van der Waals surface area (Å²) in [6.07, 6.45) is 2.85. The molecule has 2 heterocycles. The Hall–Kier alpha value is -1.85. The number of hydrogen-bond donors (Lipinski definition) is 1. The van der Waals surface area contributed by atoms with E-state index < -0.39 is 11.9 Å². The Morgan fingerprint density at radius 3 is 2.57 bits per heavy atom. The van der Waals surface area contributed by atoms with E-state index in [1.54, 1.807) is 11.1 Å². The molecule has 116 valence electrons. The van der Waals surface area contributed by atoms with Gasteiger partial charge >= 0.3 is 5.97 Å². The van der Waals surface area contributed by atoms with Gasteiger partial charge in [-0.1, -0.05) is 6.92 Å². The summed E-state index contributed by atoms with van der Waals surface area (Å²) in [6.45, 7) is 8.93. The molecule has 2 rings (SSSR count). The summed E-state index contributed by atoms with van der Waals surface area (Å²) in [5.74, 6) is -1.38. The van der Waals surface area contributed by atoms with Gasteiger partial charge in [0.2, 0.25) is 0 Å². The number of amides is 1. The Kier molecular flexibility index (Phi) is 4.07. The van der Waals surface area contributed by atoms with Crippen molar-refractivity contribution in [1.82, 2.24) is 14.7 Å². The van der Waals surface area contributed by atoms with Crippen LogP contribution < -0.4 is 0 Å². The molecule has 1 aromatic rings. The van der Waals surface area contributed by atoms with Gasteiger partial charge in [-0.05, 0) is 33.6 Å². The molecule has 1 saturated heterocycles. The number of nitrogens with zero attached hydrogens (tertiary/aromatic N) is 3. The third-order valence-electron chi connectivity index (χ3n) is 3.89. The lowest BCUT2D eigenvalue weighted by Gasteiger charge is -2.23. The van der Waals surface area contributed by atoms with E-state index in [2.05, 4.69) is 5.10 Å². The minimum absolute atomic E-state index is 0.105.